The number of hydrogen-bond donors (Lipinski definition) is 0. The second kappa shape index (κ2) is 14.6. The summed E-state index contributed by atoms with van der Waals surface area (Å²) in [6, 6.07) is 82.9. The number of aromatic nitrogens is 1. The van der Waals surface area contributed by atoms with Crippen molar-refractivity contribution in [3.8, 4) is 27.9 Å². The van der Waals surface area contributed by atoms with Gasteiger partial charge in [0.1, 0.15) is 0 Å². The van der Waals surface area contributed by atoms with Gasteiger partial charge in [-0.2, -0.15) is 0 Å². The number of fused-ring (bicyclic) bond motifs is 5. The zero-order valence-electron chi connectivity index (χ0n) is 34.7. The average molecular weight is 803 g/mol. The van der Waals surface area contributed by atoms with Crippen LogP contribution < -0.4 is 4.90 Å². The lowest BCUT2D eigenvalue weighted by Gasteiger charge is -2.44. The van der Waals surface area contributed by atoms with Crippen molar-refractivity contribution in [3.05, 3.63) is 247 Å². The molecule has 0 bridgehead atoms. The highest BCUT2D eigenvalue weighted by Gasteiger charge is 2.47. The highest BCUT2D eigenvalue weighted by atomic mass is 32.3. The molecular weight excluding hydrogens is 757 g/mol. The smallest absolute Gasteiger partial charge is 0.0753 e. The molecule has 10 aromatic rings. The molecule has 1 unspecified atom stereocenters. The summed E-state index contributed by atoms with van der Waals surface area (Å²) in [6.07, 6.45) is 7.29. The molecule has 0 saturated carbocycles. The van der Waals surface area contributed by atoms with Gasteiger partial charge in [-0.05, 0) is 129 Å². The molecular formula is C58H46N2S. The first-order chi connectivity index (χ1) is 29.9. The van der Waals surface area contributed by atoms with Crippen molar-refractivity contribution in [2.45, 2.75) is 10.3 Å². The zero-order valence-corrected chi connectivity index (χ0v) is 35.5. The van der Waals surface area contributed by atoms with Crippen LogP contribution in [0.5, 0.6) is 0 Å². The van der Waals surface area contributed by atoms with Crippen LogP contribution in [0, 0.1) is 0 Å². The van der Waals surface area contributed by atoms with E-state index in [1.165, 1.54) is 76.9 Å². The van der Waals surface area contributed by atoms with Crippen molar-refractivity contribution in [1.82, 2.24) is 4.57 Å². The summed E-state index contributed by atoms with van der Waals surface area (Å²) in [7, 11) is -1.14. The van der Waals surface area contributed by atoms with Gasteiger partial charge in [-0.1, -0.05) is 164 Å². The van der Waals surface area contributed by atoms with E-state index in [9.17, 15) is 0 Å². The second-order valence-electron chi connectivity index (χ2n) is 16.9. The van der Waals surface area contributed by atoms with Gasteiger partial charge in [0.2, 0.25) is 0 Å². The van der Waals surface area contributed by atoms with Crippen LogP contribution in [0.25, 0.3) is 49.7 Å². The summed E-state index contributed by atoms with van der Waals surface area (Å²) in [5.41, 5.74) is 16.6. The molecule has 0 N–H and O–H groups in total. The standard InChI is InChI=1S/C58H46N2S/c1-61(2,3)56-31-15-12-27-52(56)58(51-26-11-14-30-55(51)60-54-29-13-10-24-49(54)50-25-17-28-53(58)57(50)60)45-19-16-18-44(40-45)43-34-32-41(33-35-43)42-36-38-48(39-37-42)59(46-20-6-4-7-21-46)47-22-8-5-9-23-47/h4-40H,1-3H3. The van der Waals surface area contributed by atoms with Crippen LogP contribution in [0.15, 0.2) is 229 Å². The molecule has 2 heterocycles. The highest BCUT2D eigenvalue weighted by molar-refractivity contribution is 8.32. The summed E-state index contributed by atoms with van der Waals surface area (Å²) >= 11 is 0. The minimum atomic E-state index is -1.14. The van der Waals surface area contributed by atoms with E-state index in [2.05, 4.69) is 253 Å². The Bertz CT molecular complexity index is 3170. The van der Waals surface area contributed by atoms with Gasteiger partial charge < -0.3 is 9.47 Å². The third-order valence-corrected chi connectivity index (χ3v) is 14.3. The van der Waals surface area contributed by atoms with Gasteiger partial charge in [-0.15, -0.1) is 0 Å². The van der Waals surface area contributed by atoms with E-state index in [1.54, 1.807) is 0 Å². The quantitative estimate of drug-likeness (QED) is 0.149. The molecule has 9 aromatic carbocycles. The van der Waals surface area contributed by atoms with E-state index in [4.69, 9.17) is 0 Å². The molecule has 0 amide bonds. The average Bonchev–Trinajstić information content (AvgIpc) is 3.66. The molecule has 1 aliphatic heterocycles. The summed E-state index contributed by atoms with van der Waals surface area (Å²) in [5.74, 6) is 0. The van der Waals surface area contributed by atoms with Crippen LogP contribution in [0.1, 0.15) is 22.3 Å². The van der Waals surface area contributed by atoms with Crippen LogP contribution in [-0.2, 0) is 5.41 Å². The van der Waals surface area contributed by atoms with Crippen LogP contribution in [0.3, 0.4) is 0 Å². The van der Waals surface area contributed by atoms with Crippen molar-refractivity contribution in [1.29, 1.82) is 0 Å². The minimum Gasteiger partial charge on any atom is -0.311 e. The Morgan fingerprint density at radius 1 is 0.393 bits per heavy atom. The number of rotatable bonds is 8. The molecule has 1 aliphatic rings. The molecule has 3 heteroatoms. The maximum absolute atomic E-state index is 2.52. The van der Waals surface area contributed by atoms with Crippen molar-refractivity contribution in [3.63, 3.8) is 0 Å². The Morgan fingerprint density at radius 2 is 0.902 bits per heavy atom. The van der Waals surface area contributed by atoms with Gasteiger partial charge >= 0.3 is 0 Å². The molecule has 61 heavy (non-hydrogen) atoms. The fourth-order valence-corrected chi connectivity index (χ4v) is 11.3. The Balaban J connectivity index is 1.05. The van der Waals surface area contributed by atoms with Crippen LogP contribution >= 0.6 is 10.0 Å². The van der Waals surface area contributed by atoms with E-state index in [-0.39, 0.29) is 0 Å². The Labute approximate surface area is 360 Å². The van der Waals surface area contributed by atoms with Crippen molar-refractivity contribution < 1.29 is 0 Å². The first kappa shape index (κ1) is 37.0. The number of anilines is 3. The topological polar surface area (TPSA) is 8.17 Å². The normalized spacial score (nSPS) is 14.8. The third kappa shape index (κ3) is 5.95. The number of nitrogens with zero attached hydrogens (tertiary/aromatic N) is 2. The number of hydrogen-bond acceptors (Lipinski definition) is 1. The fourth-order valence-electron chi connectivity index (χ4n) is 9.96. The van der Waals surface area contributed by atoms with Crippen LogP contribution in [0.4, 0.5) is 17.1 Å². The molecule has 0 radical (unpaired) electrons. The Kier molecular flexibility index (Phi) is 8.84. The summed E-state index contributed by atoms with van der Waals surface area (Å²) in [6.45, 7) is 0. The van der Waals surface area contributed by atoms with Gasteiger partial charge in [0.15, 0.2) is 0 Å². The molecule has 0 saturated heterocycles. The molecule has 2 nitrogen and oxygen atoms in total. The first-order valence-corrected chi connectivity index (χ1v) is 23.9. The molecule has 0 spiro atoms. The largest absolute Gasteiger partial charge is 0.311 e. The van der Waals surface area contributed by atoms with Crippen molar-refractivity contribution in [2.75, 3.05) is 23.7 Å². The SMILES string of the molecule is CS(C)(C)c1ccccc1C1(c2cccc(-c3ccc(-c4ccc(N(c5ccccc5)c5ccccc5)cc4)cc3)c2)c2ccccc2-n2c3ccccc3c3cccc1c32. The third-order valence-electron chi connectivity index (χ3n) is 12.6. The first-order valence-electron chi connectivity index (χ1n) is 21.0. The van der Waals surface area contributed by atoms with E-state index in [1.807, 2.05) is 0 Å². The van der Waals surface area contributed by atoms with Crippen LogP contribution in [0.2, 0.25) is 0 Å². The predicted molar refractivity (Wildman–Crippen MR) is 262 cm³/mol. The minimum absolute atomic E-state index is 0.567. The zero-order chi connectivity index (χ0) is 41.1. The van der Waals surface area contributed by atoms with Gasteiger partial charge in [0.25, 0.3) is 0 Å². The summed E-state index contributed by atoms with van der Waals surface area (Å²) in [5, 5.41) is 2.58. The monoisotopic (exact) mass is 802 g/mol. The maximum atomic E-state index is 2.52. The molecule has 0 fully saturated rings. The lowest BCUT2D eigenvalue weighted by Crippen LogP contribution is -2.36. The van der Waals surface area contributed by atoms with Crippen molar-refractivity contribution >= 4 is 48.9 Å². The molecule has 294 valence electrons. The number of para-hydroxylation sites is 5. The van der Waals surface area contributed by atoms with Crippen molar-refractivity contribution in [2.24, 2.45) is 0 Å². The molecule has 0 aliphatic carbocycles. The Hall–Kier alpha value is -7.07. The van der Waals surface area contributed by atoms with E-state index in [0.29, 0.717) is 0 Å². The molecule has 11 rings (SSSR count). The lowest BCUT2D eigenvalue weighted by atomic mass is 9.63. The lowest BCUT2D eigenvalue weighted by molar-refractivity contribution is 0.711. The highest BCUT2D eigenvalue weighted by Crippen LogP contribution is 2.59. The van der Waals surface area contributed by atoms with Gasteiger partial charge in [-0.25, -0.2) is 10.0 Å². The van der Waals surface area contributed by atoms with Gasteiger partial charge in [0, 0.05) is 27.8 Å². The van der Waals surface area contributed by atoms with E-state index >= 15 is 0 Å². The number of benzene rings is 9. The molecule has 1 atom stereocenters. The van der Waals surface area contributed by atoms with Gasteiger partial charge in [0.05, 0.1) is 22.1 Å². The Morgan fingerprint density at radius 3 is 1.59 bits per heavy atom. The van der Waals surface area contributed by atoms with E-state index < -0.39 is 15.4 Å². The van der Waals surface area contributed by atoms with Gasteiger partial charge in [-0.3, -0.25) is 0 Å². The van der Waals surface area contributed by atoms with E-state index in [0.717, 1.165) is 17.1 Å². The second-order valence-corrected chi connectivity index (χ2v) is 21.0. The predicted octanol–water partition coefficient (Wildman–Crippen LogP) is 15.3. The fraction of sp³-hybridized carbons (Fsp3) is 0.0690. The summed E-state index contributed by atoms with van der Waals surface area (Å²) < 4.78 is 2.52. The summed E-state index contributed by atoms with van der Waals surface area (Å²) in [4.78, 5) is 3.74. The molecule has 1 aromatic heterocycles. The maximum Gasteiger partial charge on any atom is 0.0753 e. The van der Waals surface area contributed by atoms with Crippen LogP contribution in [-0.4, -0.2) is 23.3 Å².